The van der Waals surface area contributed by atoms with E-state index in [1.54, 1.807) is 6.07 Å². The predicted molar refractivity (Wildman–Crippen MR) is 143 cm³/mol. The molecule has 5 rings (SSSR count). The largest absolute Gasteiger partial charge is 0.493 e. The average Bonchev–Trinajstić information content (AvgIpc) is 3.57. The lowest BCUT2D eigenvalue weighted by molar-refractivity contribution is 0.354. The van der Waals surface area contributed by atoms with Crippen molar-refractivity contribution in [3.63, 3.8) is 0 Å². The van der Waals surface area contributed by atoms with Gasteiger partial charge in [0.25, 0.3) is 10.0 Å². The second kappa shape index (κ2) is 9.94. The minimum absolute atomic E-state index is 0.0870. The zero-order valence-electron chi connectivity index (χ0n) is 20.2. The van der Waals surface area contributed by atoms with Crippen molar-refractivity contribution in [2.45, 2.75) is 17.7 Å². The minimum atomic E-state index is -3.90. The second-order valence-corrected chi connectivity index (χ2v) is 10.3. The summed E-state index contributed by atoms with van der Waals surface area (Å²) in [4.78, 5) is 2.29. The van der Waals surface area contributed by atoms with Crippen LogP contribution in [-0.4, -0.2) is 45.9 Å². The van der Waals surface area contributed by atoms with E-state index >= 15 is 0 Å². The van der Waals surface area contributed by atoms with Gasteiger partial charge in [0, 0.05) is 24.5 Å². The van der Waals surface area contributed by atoms with E-state index in [9.17, 15) is 8.42 Å². The van der Waals surface area contributed by atoms with E-state index in [0.717, 1.165) is 53.8 Å². The van der Waals surface area contributed by atoms with Gasteiger partial charge in [-0.3, -0.25) is 9.82 Å². The normalized spacial score (nSPS) is 14.0. The maximum absolute atomic E-state index is 13.4. The third kappa shape index (κ3) is 4.74. The van der Waals surface area contributed by atoms with Crippen LogP contribution in [0.3, 0.4) is 0 Å². The summed E-state index contributed by atoms with van der Waals surface area (Å²) >= 11 is 0. The number of anilines is 2. The first kappa shape index (κ1) is 23.7. The van der Waals surface area contributed by atoms with Crippen molar-refractivity contribution in [3.05, 3.63) is 71.9 Å². The van der Waals surface area contributed by atoms with E-state index in [2.05, 4.69) is 19.8 Å². The summed E-state index contributed by atoms with van der Waals surface area (Å²) in [6.45, 7) is 1.73. The summed E-state index contributed by atoms with van der Waals surface area (Å²) in [5, 5.41) is 8.41. The van der Waals surface area contributed by atoms with Crippen LogP contribution in [0, 0.1) is 0 Å². The number of nitrogens with zero attached hydrogens (tertiary/aromatic N) is 2. The van der Waals surface area contributed by atoms with E-state index < -0.39 is 10.0 Å². The fraction of sp³-hybridized carbons (Fsp3) is 0.222. The maximum atomic E-state index is 13.4. The van der Waals surface area contributed by atoms with Gasteiger partial charge < -0.3 is 14.4 Å². The van der Waals surface area contributed by atoms with Crippen LogP contribution in [0.15, 0.2) is 65.6 Å². The number of ether oxygens (including phenoxy) is 2. The molecule has 0 amide bonds. The first-order valence-electron chi connectivity index (χ1n) is 11.7. The molecule has 1 aromatic heterocycles. The Balaban J connectivity index is 1.56. The van der Waals surface area contributed by atoms with Crippen LogP contribution in [0.2, 0.25) is 0 Å². The van der Waals surface area contributed by atoms with E-state index in [1.165, 1.54) is 26.4 Å². The summed E-state index contributed by atoms with van der Waals surface area (Å²) in [6, 6.07) is 18.3. The van der Waals surface area contributed by atoms with Gasteiger partial charge in [0.15, 0.2) is 11.5 Å². The quantitative estimate of drug-likeness (QED) is 0.344. The zero-order valence-corrected chi connectivity index (χ0v) is 21.0. The molecule has 3 aromatic carbocycles. The van der Waals surface area contributed by atoms with Gasteiger partial charge in [-0.1, -0.05) is 36.4 Å². The molecule has 2 heterocycles. The predicted octanol–water partition coefficient (Wildman–Crippen LogP) is 5.15. The smallest absolute Gasteiger partial charge is 0.262 e. The van der Waals surface area contributed by atoms with Crippen LogP contribution in [0.4, 0.5) is 11.4 Å². The zero-order chi connectivity index (χ0) is 25.1. The van der Waals surface area contributed by atoms with Gasteiger partial charge in [-0.15, -0.1) is 0 Å². The Morgan fingerprint density at radius 2 is 1.69 bits per heavy atom. The van der Waals surface area contributed by atoms with Gasteiger partial charge in [-0.2, -0.15) is 5.10 Å². The lowest BCUT2D eigenvalue weighted by Gasteiger charge is -2.22. The lowest BCUT2D eigenvalue weighted by Crippen LogP contribution is -2.21. The molecule has 2 N–H and O–H groups in total. The number of sulfonamides is 1. The molecule has 4 aromatic rings. The first-order chi connectivity index (χ1) is 17.5. The number of hydrogen-bond acceptors (Lipinski definition) is 6. The van der Waals surface area contributed by atoms with Crippen LogP contribution in [0.1, 0.15) is 24.1 Å². The average molecular weight is 505 g/mol. The van der Waals surface area contributed by atoms with Crippen molar-refractivity contribution in [1.29, 1.82) is 0 Å². The number of benzene rings is 3. The molecule has 0 saturated carbocycles. The molecule has 186 valence electrons. The molecule has 0 bridgehead atoms. The molecule has 1 aliphatic heterocycles. The van der Waals surface area contributed by atoms with E-state index in [0.29, 0.717) is 17.2 Å². The molecule has 0 unspecified atom stereocenters. The Morgan fingerprint density at radius 3 is 2.42 bits per heavy atom. The Bertz CT molecular complexity index is 1510. The van der Waals surface area contributed by atoms with Crippen molar-refractivity contribution in [3.8, 4) is 11.5 Å². The molecule has 36 heavy (non-hydrogen) atoms. The number of methoxy groups -OCH3 is 2. The van der Waals surface area contributed by atoms with Gasteiger partial charge in [0.1, 0.15) is 0 Å². The number of rotatable bonds is 8. The molecule has 1 aliphatic rings. The van der Waals surface area contributed by atoms with Crippen LogP contribution < -0.4 is 19.1 Å². The number of aromatic amines is 1. The van der Waals surface area contributed by atoms with Crippen molar-refractivity contribution in [1.82, 2.24) is 10.2 Å². The van der Waals surface area contributed by atoms with Crippen LogP contribution >= 0.6 is 0 Å². The third-order valence-electron chi connectivity index (χ3n) is 6.30. The van der Waals surface area contributed by atoms with E-state index in [-0.39, 0.29) is 4.90 Å². The van der Waals surface area contributed by atoms with Gasteiger partial charge in [-0.05, 0) is 48.7 Å². The van der Waals surface area contributed by atoms with Crippen LogP contribution in [-0.2, 0) is 10.0 Å². The molecule has 1 fully saturated rings. The SMILES string of the molecule is COc1ccc(S(=O)(=O)Nc2cc3c(C=Cc4ccccc4)n[nH]c3cc2N2CCCC2)cc1OC. The van der Waals surface area contributed by atoms with Crippen molar-refractivity contribution in [2.24, 2.45) is 0 Å². The third-order valence-corrected chi connectivity index (χ3v) is 7.66. The summed E-state index contributed by atoms with van der Waals surface area (Å²) in [5.41, 5.74) is 3.96. The van der Waals surface area contributed by atoms with Crippen LogP contribution in [0.25, 0.3) is 23.1 Å². The monoisotopic (exact) mass is 504 g/mol. The molecule has 0 spiro atoms. The number of fused-ring (bicyclic) bond motifs is 1. The fourth-order valence-corrected chi connectivity index (χ4v) is 5.51. The number of aromatic nitrogens is 2. The van der Waals surface area contributed by atoms with E-state index in [4.69, 9.17) is 9.47 Å². The summed E-state index contributed by atoms with van der Waals surface area (Å²) in [6.07, 6.45) is 6.04. The van der Waals surface area contributed by atoms with Crippen molar-refractivity contribution >= 4 is 44.5 Å². The molecule has 0 atom stereocenters. The molecular formula is C27H28N4O4S. The van der Waals surface area contributed by atoms with E-state index in [1.807, 2.05) is 54.6 Å². The van der Waals surface area contributed by atoms with Crippen molar-refractivity contribution in [2.75, 3.05) is 36.9 Å². The second-order valence-electron chi connectivity index (χ2n) is 8.58. The molecular weight excluding hydrogens is 476 g/mol. The van der Waals surface area contributed by atoms with Gasteiger partial charge in [0.2, 0.25) is 0 Å². The fourth-order valence-electron chi connectivity index (χ4n) is 4.43. The first-order valence-corrected chi connectivity index (χ1v) is 13.2. The highest BCUT2D eigenvalue weighted by atomic mass is 32.2. The highest BCUT2D eigenvalue weighted by Crippen LogP contribution is 2.36. The van der Waals surface area contributed by atoms with Crippen molar-refractivity contribution < 1.29 is 17.9 Å². The number of H-pyrrole nitrogens is 1. The molecule has 0 radical (unpaired) electrons. The molecule has 8 nitrogen and oxygen atoms in total. The minimum Gasteiger partial charge on any atom is -0.493 e. The Labute approximate surface area is 210 Å². The van der Waals surface area contributed by atoms with Gasteiger partial charge >= 0.3 is 0 Å². The van der Waals surface area contributed by atoms with Crippen LogP contribution in [0.5, 0.6) is 11.5 Å². The topological polar surface area (TPSA) is 96.6 Å². The maximum Gasteiger partial charge on any atom is 0.262 e. The Morgan fingerprint density at radius 1 is 0.944 bits per heavy atom. The number of nitrogens with one attached hydrogen (secondary N) is 2. The summed E-state index contributed by atoms with van der Waals surface area (Å²) < 4.78 is 40.3. The molecule has 1 saturated heterocycles. The summed E-state index contributed by atoms with van der Waals surface area (Å²) in [7, 11) is -0.916. The Hall–Kier alpha value is -3.98. The highest BCUT2D eigenvalue weighted by Gasteiger charge is 2.23. The molecule has 9 heteroatoms. The number of hydrogen-bond donors (Lipinski definition) is 2. The standard InChI is InChI=1S/C27H28N4O4S/c1-34-26-13-11-20(16-27(26)35-2)36(32,33)30-24-17-21-22(12-10-19-8-4-3-5-9-19)28-29-23(21)18-25(24)31-14-6-7-15-31/h3-5,8-13,16-18,30H,6-7,14-15H2,1-2H3,(H,28,29). The summed E-state index contributed by atoms with van der Waals surface area (Å²) in [5.74, 6) is 0.808. The van der Waals surface area contributed by atoms with Gasteiger partial charge in [0.05, 0.1) is 41.7 Å². The highest BCUT2D eigenvalue weighted by molar-refractivity contribution is 7.92. The molecule has 0 aliphatic carbocycles. The van der Waals surface area contributed by atoms with Gasteiger partial charge in [-0.25, -0.2) is 8.42 Å². The Kier molecular flexibility index (Phi) is 6.56. The lowest BCUT2D eigenvalue weighted by atomic mass is 10.1.